The van der Waals surface area contributed by atoms with Crippen LogP contribution in [0.4, 0.5) is 4.39 Å². The highest BCUT2D eigenvalue weighted by Crippen LogP contribution is 2.41. The number of halogens is 2. The average Bonchev–Trinajstić information content (AvgIpc) is 3.16. The quantitative estimate of drug-likeness (QED) is 0.424. The molecule has 30 heavy (non-hydrogen) atoms. The summed E-state index contributed by atoms with van der Waals surface area (Å²) in [7, 11) is 0. The molecule has 2 aromatic carbocycles. The predicted molar refractivity (Wildman–Crippen MR) is 116 cm³/mol. The van der Waals surface area contributed by atoms with Gasteiger partial charge in [-0.1, -0.05) is 65.1 Å². The van der Waals surface area contributed by atoms with E-state index < -0.39 is 17.7 Å². The predicted octanol–water partition coefficient (Wildman–Crippen LogP) is 6.03. The summed E-state index contributed by atoms with van der Waals surface area (Å²) < 4.78 is 20.2. The van der Waals surface area contributed by atoms with Crippen molar-refractivity contribution in [1.82, 2.24) is 0 Å². The summed E-state index contributed by atoms with van der Waals surface area (Å²) in [5.74, 6) is -1.46. The lowest BCUT2D eigenvalue weighted by Gasteiger charge is -2.31. The molecule has 1 aliphatic rings. The molecule has 0 amide bonds. The minimum Gasteiger partial charge on any atom is -0.478 e. The number of carboxylic acids is 1. The third kappa shape index (κ3) is 5.26. The first-order chi connectivity index (χ1) is 14.4. The lowest BCUT2D eigenvalue weighted by Crippen LogP contribution is -2.46. The Morgan fingerprint density at radius 1 is 1.23 bits per heavy atom. The fraction of sp³-hybridized carbons (Fsp3) is 0.391. The van der Waals surface area contributed by atoms with Crippen LogP contribution < -0.4 is 0 Å². The molecule has 2 aromatic rings. The van der Waals surface area contributed by atoms with E-state index in [0.29, 0.717) is 12.0 Å². The van der Waals surface area contributed by atoms with Gasteiger partial charge in [0.1, 0.15) is 11.9 Å². The molecular formula is C23H25BrFNO4. The second-order valence-electron chi connectivity index (χ2n) is 7.45. The molecule has 0 aliphatic carbocycles. The van der Waals surface area contributed by atoms with Gasteiger partial charge in [-0.2, -0.15) is 0 Å². The zero-order valence-corrected chi connectivity index (χ0v) is 18.4. The Morgan fingerprint density at radius 3 is 2.57 bits per heavy atom. The molecule has 0 radical (unpaired) electrons. The van der Waals surface area contributed by atoms with E-state index in [1.165, 1.54) is 12.1 Å². The molecule has 1 aliphatic heterocycles. The summed E-state index contributed by atoms with van der Waals surface area (Å²) in [6.07, 6.45) is 3.04. The molecule has 0 fully saturated rings. The number of rotatable bonds is 10. The van der Waals surface area contributed by atoms with E-state index in [9.17, 15) is 14.3 Å². The summed E-state index contributed by atoms with van der Waals surface area (Å²) >= 11 is 3.40. The maximum atomic E-state index is 13.2. The van der Waals surface area contributed by atoms with E-state index in [-0.39, 0.29) is 18.8 Å². The van der Waals surface area contributed by atoms with Gasteiger partial charge in [0.2, 0.25) is 0 Å². The molecule has 0 bridgehead atoms. The molecule has 0 spiro atoms. The number of oxime groups is 1. The first kappa shape index (κ1) is 22.4. The number of carbonyl (C=O) groups is 1. The molecule has 1 heterocycles. The first-order valence-corrected chi connectivity index (χ1v) is 10.8. The van der Waals surface area contributed by atoms with Crippen LogP contribution in [0.1, 0.15) is 56.3 Å². The Morgan fingerprint density at radius 2 is 1.93 bits per heavy atom. The highest BCUT2D eigenvalue weighted by Gasteiger charge is 2.54. The van der Waals surface area contributed by atoms with Crippen molar-refractivity contribution >= 4 is 27.6 Å². The zero-order chi connectivity index (χ0) is 21.6. The molecule has 2 atom stereocenters. The minimum atomic E-state index is -1.64. The molecule has 160 valence electrons. The van der Waals surface area contributed by atoms with Crippen LogP contribution in [0.5, 0.6) is 0 Å². The van der Waals surface area contributed by atoms with Crippen molar-refractivity contribution in [1.29, 1.82) is 0 Å². The largest absolute Gasteiger partial charge is 0.478 e. The van der Waals surface area contributed by atoms with Gasteiger partial charge in [-0.15, -0.1) is 0 Å². The van der Waals surface area contributed by atoms with Gasteiger partial charge in [0, 0.05) is 10.9 Å². The number of hydrogen-bond acceptors (Lipinski definition) is 4. The highest BCUT2D eigenvalue weighted by atomic mass is 79.9. The second-order valence-corrected chi connectivity index (χ2v) is 8.36. The molecule has 3 rings (SSSR count). The van der Waals surface area contributed by atoms with Crippen LogP contribution >= 0.6 is 15.9 Å². The molecule has 2 unspecified atom stereocenters. The maximum Gasteiger partial charge on any atom is 0.354 e. The molecule has 5 nitrogen and oxygen atoms in total. The Balaban J connectivity index is 1.86. The smallest absolute Gasteiger partial charge is 0.354 e. The minimum absolute atomic E-state index is 0.116. The molecule has 0 aromatic heterocycles. The Kier molecular flexibility index (Phi) is 7.61. The van der Waals surface area contributed by atoms with Crippen LogP contribution in [0.25, 0.3) is 0 Å². The van der Waals surface area contributed by atoms with Gasteiger partial charge in [0.15, 0.2) is 0 Å². The number of unbranched alkanes of at least 4 members (excludes halogenated alkanes) is 2. The molecule has 1 N–H and O–H groups in total. The summed E-state index contributed by atoms with van der Waals surface area (Å²) in [5, 5.41) is 14.2. The van der Waals surface area contributed by atoms with Crippen LogP contribution in [-0.2, 0) is 21.0 Å². The van der Waals surface area contributed by atoms with E-state index in [2.05, 4.69) is 28.0 Å². The van der Waals surface area contributed by atoms with Crippen LogP contribution in [0.15, 0.2) is 58.2 Å². The fourth-order valence-corrected chi connectivity index (χ4v) is 3.76. The van der Waals surface area contributed by atoms with Crippen LogP contribution in [0.2, 0.25) is 0 Å². The van der Waals surface area contributed by atoms with Gasteiger partial charge >= 0.3 is 5.97 Å². The number of benzene rings is 2. The standard InChI is InChI=1S/C23H25BrFNO4/c1-2-3-4-5-20-14-23(22(27)28,30-26-20)21(17-8-10-18(24)11-9-17)29-15-16-6-12-19(25)13-7-16/h6-13,21H,2-5,14-15H2,1H3,(H,27,28). The van der Waals surface area contributed by atoms with Gasteiger partial charge in [-0.3, -0.25) is 0 Å². The average molecular weight is 478 g/mol. The third-order valence-corrected chi connectivity index (χ3v) is 5.69. The number of carboxylic acid groups (broad SMARTS) is 1. The van der Waals surface area contributed by atoms with Crippen molar-refractivity contribution in [3.63, 3.8) is 0 Å². The Labute approximate surface area is 184 Å². The summed E-state index contributed by atoms with van der Waals surface area (Å²) in [5.41, 5.74) is 0.502. The van der Waals surface area contributed by atoms with E-state index in [4.69, 9.17) is 9.57 Å². The first-order valence-electron chi connectivity index (χ1n) is 10.0. The molecular weight excluding hydrogens is 453 g/mol. The molecule has 0 saturated carbocycles. The van der Waals surface area contributed by atoms with Crippen molar-refractivity contribution in [2.75, 3.05) is 0 Å². The number of hydrogen-bond donors (Lipinski definition) is 1. The van der Waals surface area contributed by atoms with Crippen molar-refractivity contribution < 1.29 is 23.9 Å². The summed E-state index contributed by atoms with van der Waals surface area (Å²) in [6, 6.07) is 13.2. The second kappa shape index (κ2) is 10.2. The fourth-order valence-electron chi connectivity index (χ4n) is 3.49. The van der Waals surface area contributed by atoms with Crippen LogP contribution in [-0.4, -0.2) is 22.4 Å². The van der Waals surface area contributed by atoms with E-state index in [1.807, 2.05) is 24.3 Å². The highest BCUT2D eigenvalue weighted by molar-refractivity contribution is 9.10. The van der Waals surface area contributed by atoms with Gasteiger partial charge in [0.05, 0.1) is 12.3 Å². The lowest BCUT2D eigenvalue weighted by molar-refractivity contribution is -0.187. The molecule has 0 saturated heterocycles. The number of nitrogens with zero attached hydrogens (tertiary/aromatic N) is 1. The van der Waals surface area contributed by atoms with E-state index in [1.54, 1.807) is 12.1 Å². The van der Waals surface area contributed by atoms with Crippen LogP contribution in [0, 0.1) is 5.82 Å². The maximum absolute atomic E-state index is 13.2. The lowest BCUT2D eigenvalue weighted by atomic mass is 9.85. The van der Waals surface area contributed by atoms with Crippen molar-refractivity contribution in [3.8, 4) is 0 Å². The molecule has 7 heteroatoms. The normalized spacial score (nSPS) is 19.2. The topological polar surface area (TPSA) is 68.1 Å². The number of aliphatic carboxylic acids is 1. The zero-order valence-electron chi connectivity index (χ0n) is 16.8. The van der Waals surface area contributed by atoms with Gasteiger partial charge in [-0.05, 0) is 48.2 Å². The monoisotopic (exact) mass is 477 g/mol. The van der Waals surface area contributed by atoms with Crippen molar-refractivity contribution in [2.45, 2.75) is 57.3 Å². The Hall–Kier alpha value is -2.25. The van der Waals surface area contributed by atoms with Crippen LogP contribution in [0.3, 0.4) is 0 Å². The van der Waals surface area contributed by atoms with Crippen molar-refractivity contribution in [2.24, 2.45) is 5.16 Å². The van der Waals surface area contributed by atoms with Gasteiger partial charge in [0.25, 0.3) is 5.60 Å². The summed E-state index contributed by atoms with van der Waals surface area (Å²) in [4.78, 5) is 18.0. The third-order valence-electron chi connectivity index (χ3n) is 5.16. The van der Waals surface area contributed by atoms with Crippen molar-refractivity contribution in [3.05, 3.63) is 69.9 Å². The van der Waals surface area contributed by atoms with E-state index >= 15 is 0 Å². The number of ether oxygens (including phenoxy) is 1. The summed E-state index contributed by atoms with van der Waals surface area (Å²) in [6.45, 7) is 2.23. The van der Waals surface area contributed by atoms with E-state index in [0.717, 1.165) is 35.0 Å². The van der Waals surface area contributed by atoms with Gasteiger partial charge < -0.3 is 14.7 Å². The SMILES string of the molecule is CCCCCC1=NOC(C(=O)O)(C(OCc2ccc(F)cc2)c2ccc(Br)cc2)C1. The Bertz CT molecular complexity index is 885. The van der Waals surface area contributed by atoms with Gasteiger partial charge in [-0.25, -0.2) is 9.18 Å².